The molecule has 0 aromatic carbocycles. The summed E-state index contributed by atoms with van der Waals surface area (Å²) in [7, 11) is 0. The highest BCUT2D eigenvalue weighted by molar-refractivity contribution is 5.89. The lowest BCUT2D eigenvalue weighted by atomic mass is 9.73. The fourth-order valence-corrected chi connectivity index (χ4v) is 3.51. The largest absolute Gasteiger partial charge is 0.463 e. The molecule has 1 aliphatic carbocycles. The zero-order chi connectivity index (χ0) is 13.8. The third-order valence-electron chi connectivity index (χ3n) is 4.58. The molecule has 1 aliphatic heterocycles. The Kier molecular flexibility index (Phi) is 4.89. The van der Waals surface area contributed by atoms with Gasteiger partial charge in [0, 0.05) is 17.7 Å². The van der Waals surface area contributed by atoms with E-state index < -0.39 is 0 Å². The van der Waals surface area contributed by atoms with E-state index in [-0.39, 0.29) is 5.97 Å². The molecular weight excluding hydrogens is 238 g/mol. The lowest BCUT2D eigenvalue weighted by Gasteiger charge is -2.40. The van der Waals surface area contributed by atoms with Crippen LogP contribution in [0.3, 0.4) is 0 Å². The molecule has 1 saturated heterocycles. The molecule has 0 aromatic heterocycles. The number of nitrogens with one attached hydrogen (secondary N) is 1. The number of esters is 1. The van der Waals surface area contributed by atoms with Gasteiger partial charge in [-0.25, -0.2) is 4.79 Å². The van der Waals surface area contributed by atoms with Crippen molar-refractivity contribution < 1.29 is 9.53 Å². The summed E-state index contributed by atoms with van der Waals surface area (Å²) in [6.45, 7) is 6.88. The van der Waals surface area contributed by atoms with Crippen LogP contribution < -0.4 is 5.32 Å². The number of piperidine rings is 1. The van der Waals surface area contributed by atoms with Crippen LogP contribution in [-0.4, -0.2) is 18.6 Å². The fraction of sp³-hybridized carbons (Fsp3) is 0.812. The van der Waals surface area contributed by atoms with Gasteiger partial charge < -0.3 is 10.1 Å². The fourth-order valence-electron chi connectivity index (χ4n) is 3.51. The number of rotatable bonds is 4. The van der Waals surface area contributed by atoms with Crippen LogP contribution in [0.15, 0.2) is 11.3 Å². The van der Waals surface area contributed by atoms with Crippen molar-refractivity contribution in [3.05, 3.63) is 11.3 Å². The number of hydrogen-bond donors (Lipinski definition) is 1. The third-order valence-corrected chi connectivity index (χ3v) is 4.58. The van der Waals surface area contributed by atoms with Crippen LogP contribution in [-0.2, 0) is 9.53 Å². The van der Waals surface area contributed by atoms with Gasteiger partial charge in [-0.3, -0.25) is 0 Å². The summed E-state index contributed by atoms with van der Waals surface area (Å²) in [5.41, 5.74) is 2.13. The molecule has 3 heteroatoms. The van der Waals surface area contributed by atoms with E-state index in [1.165, 1.54) is 31.4 Å². The van der Waals surface area contributed by atoms with Crippen molar-refractivity contribution in [3.8, 4) is 0 Å². The molecule has 1 N–H and O–H groups in total. The highest BCUT2D eigenvalue weighted by Gasteiger charge is 2.36. The van der Waals surface area contributed by atoms with Gasteiger partial charge in [-0.15, -0.1) is 0 Å². The van der Waals surface area contributed by atoms with E-state index in [0.717, 1.165) is 18.4 Å². The summed E-state index contributed by atoms with van der Waals surface area (Å²) in [6, 6.07) is 0.547. The van der Waals surface area contributed by atoms with E-state index in [9.17, 15) is 4.79 Å². The third kappa shape index (κ3) is 3.13. The van der Waals surface area contributed by atoms with Crippen LogP contribution in [0, 0.1) is 11.8 Å². The Labute approximate surface area is 116 Å². The quantitative estimate of drug-likeness (QED) is 0.792. The highest BCUT2D eigenvalue weighted by Crippen LogP contribution is 2.40. The highest BCUT2D eigenvalue weighted by atomic mass is 16.5. The van der Waals surface area contributed by atoms with E-state index in [1.54, 1.807) is 0 Å². The molecule has 3 nitrogen and oxygen atoms in total. The molecule has 2 rings (SSSR count). The molecule has 0 spiro atoms. The van der Waals surface area contributed by atoms with Crippen molar-refractivity contribution in [3.63, 3.8) is 0 Å². The standard InChI is InChI=1S/C16H27NO2/c1-4-6-12-8-10-13-11(3)7-9-14(15(13)17-12)16(18)19-5-2/h11-13,17H,4-10H2,1-3H3/t11-,12+,13+/m1/s1. The molecule has 19 heavy (non-hydrogen) atoms. The van der Waals surface area contributed by atoms with Gasteiger partial charge in [-0.1, -0.05) is 20.3 Å². The van der Waals surface area contributed by atoms with Crippen LogP contribution in [0.5, 0.6) is 0 Å². The summed E-state index contributed by atoms with van der Waals surface area (Å²) >= 11 is 0. The second kappa shape index (κ2) is 6.44. The van der Waals surface area contributed by atoms with Crippen molar-refractivity contribution in [2.45, 2.75) is 65.3 Å². The SMILES string of the molecule is CCC[C@H]1CC[C@@H]2C(=C(C(=O)OCC)CC[C@H]2C)N1. The first-order chi connectivity index (χ1) is 9.17. The maximum atomic E-state index is 12.1. The van der Waals surface area contributed by atoms with Gasteiger partial charge in [0.05, 0.1) is 12.2 Å². The summed E-state index contributed by atoms with van der Waals surface area (Å²) < 4.78 is 5.22. The van der Waals surface area contributed by atoms with E-state index in [4.69, 9.17) is 4.74 Å². The van der Waals surface area contributed by atoms with Crippen molar-refractivity contribution in [1.82, 2.24) is 5.32 Å². The smallest absolute Gasteiger partial charge is 0.335 e. The van der Waals surface area contributed by atoms with E-state index in [1.807, 2.05) is 6.92 Å². The topological polar surface area (TPSA) is 38.3 Å². The van der Waals surface area contributed by atoms with Crippen LogP contribution >= 0.6 is 0 Å². The zero-order valence-electron chi connectivity index (χ0n) is 12.5. The summed E-state index contributed by atoms with van der Waals surface area (Å²) in [5, 5.41) is 3.65. The lowest BCUT2D eigenvalue weighted by molar-refractivity contribution is -0.139. The van der Waals surface area contributed by atoms with Gasteiger partial charge in [0.25, 0.3) is 0 Å². The molecule has 0 aromatic rings. The van der Waals surface area contributed by atoms with E-state index in [2.05, 4.69) is 19.2 Å². The minimum absolute atomic E-state index is 0.0981. The van der Waals surface area contributed by atoms with Crippen molar-refractivity contribution in [2.24, 2.45) is 11.8 Å². The van der Waals surface area contributed by atoms with Gasteiger partial charge in [0.2, 0.25) is 0 Å². The molecule has 0 radical (unpaired) electrons. The lowest BCUT2D eigenvalue weighted by Crippen LogP contribution is -2.42. The normalized spacial score (nSPS) is 30.6. The Hall–Kier alpha value is -0.990. The van der Waals surface area contributed by atoms with Gasteiger partial charge in [-0.2, -0.15) is 0 Å². The molecular formula is C16H27NO2. The Morgan fingerprint density at radius 3 is 2.79 bits per heavy atom. The molecule has 108 valence electrons. The van der Waals surface area contributed by atoms with Gasteiger partial charge in [0.1, 0.15) is 0 Å². The molecule has 0 bridgehead atoms. The van der Waals surface area contributed by atoms with E-state index in [0.29, 0.717) is 24.5 Å². The Morgan fingerprint density at radius 1 is 1.32 bits per heavy atom. The number of fused-ring (bicyclic) bond motifs is 1. The van der Waals surface area contributed by atoms with Crippen LogP contribution in [0.4, 0.5) is 0 Å². The predicted octanol–water partition coefficient (Wildman–Crippen LogP) is 3.40. The number of ether oxygens (including phenoxy) is 1. The second-order valence-electron chi connectivity index (χ2n) is 5.94. The maximum Gasteiger partial charge on any atom is 0.335 e. The molecule has 3 atom stereocenters. The minimum Gasteiger partial charge on any atom is -0.463 e. The number of carbonyl (C=O) groups excluding carboxylic acids is 1. The first-order valence-corrected chi connectivity index (χ1v) is 7.84. The van der Waals surface area contributed by atoms with Crippen molar-refractivity contribution >= 4 is 5.97 Å². The Morgan fingerprint density at radius 2 is 2.11 bits per heavy atom. The maximum absolute atomic E-state index is 12.1. The predicted molar refractivity (Wildman–Crippen MR) is 76.6 cm³/mol. The Balaban J connectivity index is 2.20. The zero-order valence-corrected chi connectivity index (χ0v) is 12.5. The first-order valence-electron chi connectivity index (χ1n) is 7.84. The van der Waals surface area contributed by atoms with E-state index >= 15 is 0 Å². The molecule has 0 unspecified atom stereocenters. The Bertz CT molecular complexity index is 362. The van der Waals surface area contributed by atoms with Gasteiger partial charge >= 0.3 is 5.97 Å². The summed E-state index contributed by atoms with van der Waals surface area (Å²) in [5.74, 6) is 1.13. The monoisotopic (exact) mass is 265 g/mol. The minimum atomic E-state index is -0.0981. The van der Waals surface area contributed by atoms with Crippen LogP contribution in [0.25, 0.3) is 0 Å². The average Bonchev–Trinajstić information content (AvgIpc) is 2.39. The van der Waals surface area contributed by atoms with Crippen LogP contribution in [0.1, 0.15) is 59.3 Å². The summed E-state index contributed by atoms with van der Waals surface area (Å²) in [4.78, 5) is 12.1. The van der Waals surface area contributed by atoms with Gasteiger partial charge in [0.15, 0.2) is 0 Å². The second-order valence-corrected chi connectivity index (χ2v) is 5.94. The number of carbonyl (C=O) groups is 1. The van der Waals surface area contributed by atoms with Crippen molar-refractivity contribution in [2.75, 3.05) is 6.61 Å². The van der Waals surface area contributed by atoms with Gasteiger partial charge in [-0.05, 0) is 44.9 Å². The molecule has 0 saturated carbocycles. The summed E-state index contributed by atoms with van der Waals surface area (Å²) in [6.07, 6.45) is 6.83. The number of allylic oxidation sites excluding steroid dienone is 1. The first kappa shape index (κ1) is 14.4. The molecule has 2 aliphatic rings. The molecule has 0 amide bonds. The molecule has 1 heterocycles. The number of hydrogen-bond acceptors (Lipinski definition) is 3. The van der Waals surface area contributed by atoms with Crippen molar-refractivity contribution in [1.29, 1.82) is 0 Å². The molecule has 1 fully saturated rings. The van der Waals surface area contributed by atoms with Crippen LogP contribution in [0.2, 0.25) is 0 Å². The average molecular weight is 265 g/mol.